The number of rotatable bonds is 6. The predicted octanol–water partition coefficient (Wildman–Crippen LogP) is 2.44. The number of imidazole rings is 1. The number of ether oxygens (including phenoxy) is 2. The number of carbonyl (C=O) groups excluding carboxylic acids is 1. The third-order valence-electron chi connectivity index (χ3n) is 6.97. The van der Waals surface area contributed by atoms with Gasteiger partial charge in [-0.25, -0.2) is 4.98 Å². The fourth-order valence-corrected chi connectivity index (χ4v) is 5.56. The summed E-state index contributed by atoms with van der Waals surface area (Å²) in [5.41, 5.74) is 0.676. The van der Waals surface area contributed by atoms with Gasteiger partial charge in [0.2, 0.25) is 0 Å². The molecule has 0 bridgehead atoms. The van der Waals surface area contributed by atoms with Crippen molar-refractivity contribution >= 4 is 21.6 Å². The highest BCUT2D eigenvalue weighted by molar-refractivity contribution is 7.92. The maximum Gasteiger partial charge on any atom is 0.280 e. The Kier molecular flexibility index (Phi) is 7.91. The van der Waals surface area contributed by atoms with Crippen LogP contribution in [-0.4, -0.2) is 86.2 Å². The molecule has 10 nitrogen and oxygen atoms in total. The lowest BCUT2D eigenvalue weighted by atomic mass is 10.0. The Morgan fingerprint density at radius 3 is 2.58 bits per heavy atom. The van der Waals surface area contributed by atoms with Crippen molar-refractivity contribution < 1.29 is 22.7 Å². The molecule has 0 spiro atoms. The number of hydrogen-bond acceptors (Lipinski definition) is 7. The number of sulfonamides is 1. The number of aromatic nitrogens is 2. The molecule has 0 radical (unpaired) electrons. The molecular weight excluding hydrogens is 482 g/mol. The molecule has 0 saturated heterocycles. The van der Waals surface area contributed by atoms with Crippen molar-refractivity contribution in [3.05, 3.63) is 36.3 Å². The lowest BCUT2D eigenvalue weighted by Crippen LogP contribution is -2.47. The number of methoxy groups -OCH3 is 1. The van der Waals surface area contributed by atoms with E-state index >= 15 is 0 Å². The van der Waals surface area contributed by atoms with Crippen LogP contribution in [0.4, 0.5) is 5.69 Å². The van der Waals surface area contributed by atoms with Gasteiger partial charge in [0.25, 0.3) is 15.9 Å². The second-order valence-corrected chi connectivity index (χ2v) is 11.8. The van der Waals surface area contributed by atoms with E-state index in [0.717, 1.165) is 19.0 Å². The highest BCUT2D eigenvalue weighted by Crippen LogP contribution is 2.32. The summed E-state index contributed by atoms with van der Waals surface area (Å²) < 4.78 is 41.7. The first kappa shape index (κ1) is 26.4. The Morgan fingerprint density at radius 1 is 1.19 bits per heavy atom. The van der Waals surface area contributed by atoms with Crippen LogP contribution >= 0.6 is 0 Å². The van der Waals surface area contributed by atoms with Crippen LogP contribution in [0.5, 0.6) is 5.75 Å². The van der Waals surface area contributed by atoms with E-state index < -0.39 is 10.0 Å². The summed E-state index contributed by atoms with van der Waals surface area (Å²) in [7, 11) is 1.26. The molecule has 3 atom stereocenters. The number of aryl methyl sites for hydroxylation is 1. The van der Waals surface area contributed by atoms with Crippen molar-refractivity contribution in [1.29, 1.82) is 0 Å². The third kappa shape index (κ3) is 6.19. The van der Waals surface area contributed by atoms with Gasteiger partial charge < -0.3 is 18.9 Å². The van der Waals surface area contributed by atoms with E-state index in [1.807, 2.05) is 0 Å². The van der Waals surface area contributed by atoms with Gasteiger partial charge in [-0.15, -0.1) is 0 Å². The topological polar surface area (TPSA) is 106 Å². The third-order valence-corrected chi connectivity index (χ3v) is 8.24. The van der Waals surface area contributed by atoms with Gasteiger partial charge in [-0.3, -0.25) is 14.4 Å². The lowest BCUT2D eigenvalue weighted by Gasteiger charge is -2.36. The van der Waals surface area contributed by atoms with E-state index in [0.29, 0.717) is 30.2 Å². The first-order valence-corrected chi connectivity index (χ1v) is 13.9. The number of fused-ring (bicyclic) bond motifs is 1. The van der Waals surface area contributed by atoms with E-state index in [9.17, 15) is 13.2 Å². The summed E-state index contributed by atoms with van der Waals surface area (Å²) in [6.07, 6.45) is 5.25. The fourth-order valence-electron chi connectivity index (χ4n) is 4.53. The minimum absolute atomic E-state index is 0.0847. The molecule has 2 heterocycles. The summed E-state index contributed by atoms with van der Waals surface area (Å²) in [6, 6.07) is 4.86. The maximum absolute atomic E-state index is 13.4. The number of carbonyl (C=O) groups is 1. The zero-order valence-corrected chi connectivity index (χ0v) is 22.5. The molecule has 1 fully saturated rings. The van der Waals surface area contributed by atoms with E-state index in [2.05, 4.69) is 28.5 Å². The molecule has 198 valence electrons. The number of amides is 1. The molecule has 1 saturated carbocycles. The number of anilines is 1. The summed E-state index contributed by atoms with van der Waals surface area (Å²) in [4.78, 5) is 21.4. The summed E-state index contributed by atoms with van der Waals surface area (Å²) in [6.45, 7) is 6.96. The van der Waals surface area contributed by atoms with Gasteiger partial charge in [0.1, 0.15) is 12.4 Å². The van der Waals surface area contributed by atoms with E-state index in [1.54, 1.807) is 48.9 Å². The maximum atomic E-state index is 13.4. The van der Waals surface area contributed by atoms with Crippen LogP contribution < -0.4 is 9.46 Å². The Bertz CT molecular complexity index is 1180. The predicted molar refractivity (Wildman–Crippen MR) is 137 cm³/mol. The van der Waals surface area contributed by atoms with Crippen LogP contribution in [-0.2, 0) is 21.8 Å². The molecule has 1 aromatic carbocycles. The van der Waals surface area contributed by atoms with Gasteiger partial charge in [-0.05, 0) is 43.7 Å². The Hall–Kier alpha value is -2.63. The number of likely N-dealkylation sites (N-methyl/N-ethyl adjacent to an activating group) is 1. The average Bonchev–Trinajstić information content (AvgIpc) is 3.54. The van der Waals surface area contributed by atoms with Gasteiger partial charge in [0.15, 0.2) is 5.03 Å². The smallest absolute Gasteiger partial charge is 0.280 e. The largest absolute Gasteiger partial charge is 0.491 e. The van der Waals surface area contributed by atoms with Gasteiger partial charge in [0, 0.05) is 59.1 Å². The summed E-state index contributed by atoms with van der Waals surface area (Å²) >= 11 is 0. The SMILES string of the molecule is CO[C@H]1CN(C)C(=O)c2ccc(NS(=O)(=O)c3cn(C)cn3)cc2OC[C@H](C)N(CC2CC2)C[C@@H]1C. The van der Waals surface area contributed by atoms with Crippen molar-refractivity contribution in [2.75, 3.05) is 45.1 Å². The monoisotopic (exact) mass is 519 g/mol. The van der Waals surface area contributed by atoms with Crippen molar-refractivity contribution in [3.8, 4) is 5.75 Å². The highest BCUT2D eigenvalue weighted by atomic mass is 32.2. The van der Waals surface area contributed by atoms with Crippen molar-refractivity contribution in [3.63, 3.8) is 0 Å². The highest BCUT2D eigenvalue weighted by Gasteiger charge is 2.32. The van der Waals surface area contributed by atoms with E-state index in [4.69, 9.17) is 9.47 Å². The van der Waals surface area contributed by atoms with E-state index in [-0.39, 0.29) is 29.0 Å². The van der Waals surface area contributed by atoms with Crippen molar-refractivity contribution in [1.82, 2.24) is 19.4 Å². The second-order valence-electron chi connectivity index (χ2n) is 10.2. The summed E-state index contributed by atoms with van der Waals surface area (Å²) in [5, 5.41) is -0.0847. The summed E-state index contributed by atoms with van der Waals surface area (Å²) in [5.74, 6) is 1.08. The van der Waals surface area contributed by atoms with E-state index in [1.165, 1.54) is 25.4 Å². The molecular formula is C25H37N5O5S. The Balaban J connectivity index is 1.64. The van der Waals surface area contributed by atoms with Crippen LogP contribution in [0.25, 0.3) is 0 Å². The van der Waals surface area contributed by atoms with Gasteiger partial charge >= 0.3 is 0 Å². The zero-order valence-electron chi connectivity index (χ0n) is 21.7. The Labute approximate surface area is 213 Å². The molecule has 1 aliphatic carbocycles. The average molecular weight is 520 g/mol. The van der Waals surface area contributed by atoms with Crippen molar-refractivity contribution in [2.45, 2.75) is 43.9 Å². The molecule has 1 aromatic heterocycles. The first-order chi connectivity index (χ1) is 17.1. The molecule has 1 aliphatic heterocycles. The first-order valence-electron chi connectivity index (χ1n) is 12.4. The van der Waals surface area contributed by atoms with Crippen LogP contribution in [0.2, 0.25) is 0 Å². The molecule has 36 heavy (non-hydrogen) atoms. The van der Waals surface area contributed by atoms with Gasteiger partial charge in [0.05, 0.1) is 23.7 Å². The molecule has 11 heteroatoms. The molecule has 2 aromatic rings. The van der Waals surface area contributed by atoms with Crippen LogP contribution in [0.15, 0.2) is 35.7 Å². The van der Waals surface area contributed by atoms with Crippen LogP contribution in [0.3, 0.4) is 0 Å². The minimum atomic E-state index is -3.88. The number of nitrogens with one attached hydrogen (secondary N) is 1. The lowest BCUT2D eigenvalue weighted by molar-refractivity contribution is 0.00994. The quantitative estimate of drug-likeness (QED) is 0.625. The molecule has 0 unspecified atom stereocenters. The Morgan fingerprint density at radius 2 is 1.94 bits per heavy atom. The van der Waals surface area contributed by atoms with Crippen LogP contribution in [0.1, 0.15) is 37.0 Å². The fraction of sp³-hybridized carbons (Fsp3) is 0.600. The van der Waals surface area contributed by atoms with Gasteiger partial charge in [-0.2, -0.15) is 8.42 Å². The number of benzene rings is 1. The minimum Gasteiger partial charge on any atom is -0.491 e. The zero-order chi connectivity index (χ0) is 26.0. The van der Waals surface area contributed by atoms with Crippen molar-refractivity contribution in [2.24, 2.45) is 18.9 Å². The number of hydrogen-bond donors (Lipinski definition) is 1. The normalized spacial score (nSPS) is 24.4. The second kappa shape index (κ2) is 10.8. The van der Waals surface area contributed by atoms with Gasteiger partial charge in [-0.1, -0.05) is 6.92 Å². The molecule has 4 rings (SSSR count). The number of nitrogens with zero attached hydrogens (tertiary/aromatic N) is 4. The van der Waals surface area contributed by atoms with Crippen LogP contribution in [0, 0.1) is 11.8 Å². The standard InChI is InChI=1S/C25H37N5O5S/c1-17-11-30(12-19-6-7-19)18(2)15-35-22-10-20(27-36(32,33)24-14-28(3)16-26-24)8-9-21(22)25(31)29(4)13-23(17)34-5/h8-10,14,16-19,23,27H,6-7,11-13,15H2,1-5H3/t17-,18-,23-/m0/s1. The molecule has 1 N–H and O–H groups in total. The molecule has 2 aliphatic rings. The molecule has 1 amide bonds.